The van der Waals surface area contributed by atoms with Crippen molar-refractivity contribution >= 4 is 44.0 Å². The number of sulfonamides is 1. The van der Waals surface area contributed by atoms with Crippen LogP contribution in [0.4, 0.5) is 11.4 Å². The Morgan fingerprint density at radius 2 is 1.86 bits per heavy atom. The van der Waals surface area contributed by atoms with Crippen molar-refractivity contribution in [2.45, 2.75) is 4.90 Å². The number of hydrogen-bond donors (Lipinski definition) is 2. The van der Waals surface area contributed by atoms with Gasteiger partial charge < -0.3 is 9.88 Å². The van der Waals surface area contributed by atoms with Gasteiger partial charge in [-0.1, -0.05) is 35.9 Å². The van der Waals surface area contributed by atoms with Crippen LogP contribution in [0.1, 0.15) is 0 Å². The molecule has 2 aromatic heterocycles. The zero-order valence-corrected chi connectivity index (χ0v) is 17.4. The third-order valence-electron chi connectivity index (χ3n) is 4.62. The molecule has 148 valence electrons. The second-order valence-corrected chi connectivity index (χ2v) is 8.82. The minimum absolute atomic E-state index is 0.0262. The first-order chi connectivity index (χ1) is 13.9. The van der Waals surface area contributed by atoms with Gasteiger partial charge in [0, 0.05) is 37.7 Å². The monoisotopic (exact) mass is 426 g/mol. The lowest BCUT2D eigenvalue weighted by Crippen LogP contribution is -2.13. The Balaban J connectivity index is 1.84. The van der Waals surface area contributed by atoms with Gasteiger partial charge in [-0.2, -0.15) is 0 Å². The van der Waals surface area contributed by atoms with Gasteiger partial charge in [-0.15, -0.1) is 0 Å². The van der Waals surface area contributed by atoms with Crippen LogP contribution >= 0.6 is 11.6 Å². The van der Waals surface area contributed by atoms with Crippen LogP contribution in [0.3, 0.4) is 0 Å². The number of pyridine rings is 1. The van der Waals surface area contributed by atoms with Gasteiger partial charge in [0.05, 0.1) is 16.1 Å². The maximum Gasteiger partial charge on any atom is 0.263 e. The van der Waals surface area contributed by atoms with Crippen molar-refractivity contribution in [1.82, 2.24) is 9.97 Å². The molecule has 0 saturated carbocycles. The molecule has 0 spiro atoms. The van der Waals surface area contributed by atoms with Crippen LogP contribution in [0.2, 0.25) is 5.02 Å². The van der Waals surface area contributed by atoms with Crippen molar-refractivity contribution in [2.75, 3.05) is 23.7 Å². The molecule has 0 amide bonds. The molecule has 4 aromatic rings. The van der Waals surface area contributed by atoms with Crippen molar-refractivity contribution in [2.24, 2.45) is 0 Å². The molecule has 29 heavy (non-hydrogen) atoms. The van der Waals surface area contributed by atoms with E-state index in [9.17, 15) is 8.42 Å². The van der Waals surface area contributed by atoms with Gasteiger partial charge in [0.1, 0.15) is 10.5 Å². The van der Waals surface area contributed by atoms with Crippen LogP contribution in [0.25, 0.3) is 22.2 Å². The molecule has 0 atom stereocenters. The molecule has 6 nitrogen and oxygen atoms in total. The number of halogens is 1. The van der Waals surface area contributed by atoms with Crippen molar-refractivity contribution < 1.29 is 8.42 Å². The molecule has 0 radical (unpaired) electrons. The maximum absolute atomic E-state index is 12.9. The summed E-state index contributed by atoms with van der Waals surface area (Å²) in [6.45, 7) is 0. The summed E-state index contributed by atoms with van der Waals surface area (Å²) in [7, 11) is 0.0768. The predicted octanol–water partition coefficient (Wildman–Crippen LogP) is 4.75. The Morgan fingerprint density at radius 1 is 1.07 bits per heavy atom. The molecular formula is C21H19ClN4O2S. The summed E-state index contributed by atoms with van der Waals surface area (Å²) < 4.78 is 28.6. The van der Waals surface area contributed by atoms with E-state index in [1.165, 1.54) is 6.07 Å². The minimum Gasteiger partial charge on any atom is -0.378 e. The van der Waals surface area contributed by atoms with Gasteiger partial charge in [-0.05, 0) is 35.9 Å². The zero-order valence-electron chi connectivity index (χ0n) is 15.8. The third-order valence-corrected chi connectivity index (χ3v) is 6.48. The number of H-pyrrole nitrogens is 1. The minimum atomic E-state index is -3.87. The quantitative estimate of drug-likeness (QED) is 0.482. The Bertz CT molecular complexity index is 1300. The largest absolute Gasteiger partial charge is 0.378 e. The normalized spacial score (nSPS) is 11.6. The number of benzene rings is 2. The van der Waals surface area contributed by atoms with E-state index in [4.69, 9.17) is 11.6 Å². The molecule has 0 aliphatic rings. The van der Waals surface area contributed by atoms with Crippen LogP contribution < -0.4 is 9.62 Å². The average molecular weight is 427 g/mol. The summed E-state index contributed by atoms with van der Waals surface area (Å²) in [6.07, 6.45) is 3.39. The molecule has 0 aliphatic carbocycles. The van der Waals surface area contributed by atoms with Crippen LogP contribution in [0, 0.1) is 0 Å². The Labute approximate surface area is 174 Å². The highest BCUT2D eigenvalue weighted by molar-refractivity contribution is 7.92. The summed E-state index contributed by atoms with van der Waals surface area (Å²) >= 11 is 6.10. The lowest BCUT2D eigenvalue weighted by molar-refractivity contribution is 0.601. The van der Waals surface area contributed by atoms with Gasteiger partial charge in [0.25, 0.3) is 10.0 Å². The molecule has 0 bridgehead atoms. The summed E-state index contributed by atoms with van der Waals surface area (Å²) in [5.74, 6) is 0. The molecule has 0 aliphatic heterocycles. The van der Waals surface area contributed by atoms with Crippen molar-refractivity contribution in [1.29, 1.82) is 0 Å². The smallest absolute Gasteiger partial charge is 0.263 e. The van der Waals surface area contributed by atoms with Crippen LogP contribution in [-0.2, 0) is 10.0 Å². The molecule has 0 saturated heterocycles. The predicted molar refractivity (Wildman–Crippen MR) is 118 cm³/mol. The number of hydrogen-bond acceptors (Lipinski definition) is 4. The van der Waals surface area contributed by atoms with E-state index in [-0.39, 0.29) is 9.92 Å². The van der Waals surface area contributed by atoms with Gasteiger partial charge >= 0.3 is 0 Å². The molecule has 0 unspecified atom stereocenters. The fraction of sp³-hybridized carbons (Fsp3) is 0.0952. The van der Waals surface area contributed by atoms with E-state index in [1.807, 2.05) is 49.5 Å². The second kappa shape index (κ2) is 7.42. The number of nitrogens with zero attached hydrogens (tertiary/aromatic N) is 2. The maximum atomic E-state index is 12.9. The van der Waals surface area contributed by atoms with Gasteiger partial charge in [-0.3, -0.25) is 4.72 Å². The average Bonchev–Trinajstić information content (AvgIpc) is 3.13. The number of nitrogens with one attached hydrogen (secondary N) is 2. The molecule has 2 N–H and O–H groups in total. The number of aromatic nitrogens is 2. The van der Waals surface area contributed by atoms with Crippen molar-refractivity contribution in [3.8, 4) is 11.1 Å². The number of fused-ring (bicyclic) bond motifs is 1. The number of aromatic amines is 1. The number of anilines is 2. The zero-order chi connectivity index (χ0) is 20.6. The van der Waals surface area contributed by atoms with Crippen molar-refractivity contribution in [3.63, 3.8) is 0 Å². The van der Waals surface area contributed by atoms with Crippen LogP contribution in [0.5, 0.6) is 0 Å². The summed E-state index contributed by atoms with van der Waals surface area (Å²) in [6, 6.07) is 16.0. The summed E-state index contributed by atoms with van der Waals surface area (Å²) in [4.78, 5) is 9.50. The molecule has 2 heterocycles. The fourth-order valence-electron chi connectivity index (χ4n) is 3.18. The SMILES string of the molecule is CN(C)c1cccc(-c2c[nH]c3nccc(NS(=O)(=O)c4ccccc4Cl)c23)c1. The van der Waals surface area contributed by atoms with Gasteiger partial charge in [0.2, 0.25) is 0 Å². The molecular weight excluding hydrogens is 408 g/mol. The van der Waals surface area contributed by atoms with Crippen LogP contribution in [0.15, 0.2) is 71.9 Å². The second-order valence-electron chi connectivity index (χ2n) is 6.77. The first-order valence-electron chi connectivity index (χ1n) is 8.88. The highest BCUT2D eigenvalue weighted by Gasteiger charge is 2.20. The lowest BCUT2D eigenvalue weighted by atomic mass is 10.0. The Hall–Kier alpha value is -3.03. The van der Waals surface area contributed by atoms with Crippen molar-refractivity contribution in [3.05, 3.63) is 72.0 Å². The summed E-state index contributed by atoms with van der Waals surface area (Å²) in [5.41, 5.74) is 3.87. The molecule has 2 aromatic carbocycles. The fourth-order valence-corrected chi connectivity index (χ4v) is 4.78. The van der Waals surface area contributed by atoms with E-state index < -0.39 is 10.0 Å². The van der Waals surface area contributed by atoms with E-state index in [2.05, 4.69) is 14.7 Å². The standard InChI is InChI=1S/C21H19ClN4O2S/c1-26(2)15-7-5-6-14(12-15)16-13-24-21-20(16)18(10-11-23-21)25-29(27,28)19-9-4-3-8-17(19)22/h3-13H,1-2H3,(H2,23,24,25). The first kappa shape index (κ1) is 19.3. The van der Waals surface area contributed by atoms with Gasteiger partial charge in [-0.25, -0.2) is 13.4 Å². The number of rotatable bonds is 5. The Kier molecular flexibility index (Phi) is 4.94. The Morgan fingerprint density at radius 3 is 2.62 bits per heavy atom. The third kappa shape index (κ3) is 3.66. The molecule has 0 fully saturated rings. The molecule has 4 rings (SSSR count). The lowest BCUT2D eigenvalue weighted by Gasteiger charge is -2.14. The first-order valence-corrected chi connectivity index (χ1v) is 10.7. The molecule has 8 heteroatoms. The highest BCUT2D eigenvalue weighted by Crippen LogP contribution is 2.35. The summed E-state index contributed by atoms with van der Waals surface area (Å²) in [5, 5.41) is 0.859. The van der Waals surface area contributed by atoms with E-state index in [1.54, 1.807) is 30.5 Å². The van der Waals surface area contributed by atoms with Gasteiger partial charge in [0.15, 0.2) is 0 Å². The van der Waals surface area contributed by atoms with Crippen LogP contribution in [-0.4, -0.2) is 32.5 Å². The highest BCUT2D eigenvalue weighted by atomic mass is 35.5. The topological polar surface area (TPSA) is 78.1 Å². The van der Waals surface area contributed by atoms with E-state index in [0.29, 0.717) is 16.7 Å². The van der Waals surface area contributed by atoms with E-state index >= 15 is 0 Å². The van der Waals surface area contributed by atoms with E-state index in [0.717, 1.165) is 16.8 Å².